The third-order valence-electron chi connectivity index (χ3n) is 1.20. The first kappa shape index (κ1) is 12.5. The van der Waals surface area contributed by atoms with Crippen molar-refractivity contribution >= 4 is 0 Å². The standard InChI is InChI=1S/C10H19O3/c1-6-11-10(13-9(4)5)7-12-8(2)3/h6,8-10H,1,4,7H2,2-3,5H3. The number of hydrogen-bond acceptors (Lipinski definition) is 3. The molecule has 0 amide bonds. The zero-order valence-corrected chi connectivity index (χ0v) is 8.66. The van der Waals surface area contributed by atoms with Crippen molar-refractivity contribution in [3.63, 3.8) is 0 Å². The van der Waals surface area contributed by atoms with Gasteiger partial charge >= 0.3 is 0 Å². The molecule has 0 aliphatic carbocycles. The number of ether oxygens (including phenoxy) is 3. The molecule has 0 aromatic rings. The van der Waals surface area contributed by atoms with Crippen LogP contribution in [0.5, 0.6) is 0 Å². The summed E-state index contributed by atoms with van der Waals surface area (Å²) in [7, 11) is 0. The van der Waals surface area contributed by atoms with Gasteiger partial charge in [-0.2, -0.15) is 0 Å². The summed E-state index contributed by atoms with van der Waals surface area (Å²) in [6.45, 7) is 13.3. The molecule has 3 heteroatoms. The Morgan fingerprint density at radius 3 is 2.31 bits per heavy atom. The maximum atomic E-state index is 5.33. The van der Waals surface area contributed by atoms with Crippen LogP contribution in [0.3, 0.4) is 0 Å². The summed E-state index contributed by atoms with van der Waals surface area (Å²) < 4.78 is 15.7. The van der Waals surface area contributed by atoms with Gasteiger partial charge in [0, 0.05) is 0 Å². The average molecular weight is 187 g/mol. The van der Waals surface area contributed by atoms with Gasteiger partial charge in [0.1, 0.15) is 6.61 Å². The lowest BCUT2D eigenvalue weighted by Gasteiger charge is -2.20. The van der Waals surface area contributed by atoms with Crippen LogP contribution in [0.2, 0.25) is 0 Å². The fourth-order valence-electron chi connectivity index (χ4n) is 0.748. The van der Waals surface area contributed by atoms with Gasteiger partial charge in [0.05, 0.1) is 18.5 Å². The molecule has 2 atom stereocenters. The van der Waals surface area contributed by atoms with Crippen LogP contribution in [-0.2, 0) is 14.2 Å². The van der Waals surface area contributed by atoms with E-state index < -0.39 is 6.29 Å². The Kier molecular flexibility index (Phi) is 6.63. The molecule has 0 fully saturated rings. The summed E-state index contributed by atoms with van der Waals surface area (Å²) in [6.07, 6.45) is 0.976. The van der Waals surface area contributed by atoms with E-state index in [2.05, 4.69) is 13.5 Å². The predicted octanol–water partition coefficient (Wildman–Crippen LogP) is 2.14. The molecular formula is C10H19O3. The molecule has 13 heavy (non-hydrogen) atoms. The van der Waals surface area contributed by atoms with Crippen LogP contribution in [0.25, 0.3) is 0 Å². The van der Waals surface area contributed by atoms with Crippen molar-refractivity contribution in [1.82, 2.24) is 0 Å². The molecule has 0 aromatic carbocycles. The van der Waals surface area contributed by atoms with Crippen molar-refractivity contribution in [3.05, 3.63) is 19.8 Å². The van der Waals surface area contributed by atoms with E-state index in [-0.39, 0.29) is 12.2 Å². The lowest BCUT2D eigenvalue weighted by atomic mass is 10.4. The van der Waals surface area contributed by atoms with Gasteiger partial charge in [0.15, 0.2) is 0 Å². The molecule has 0 N–H and O–H groups in total. The second-order valence-corrected chi connectivity index (χ2v) is 3.06. The Morgan fingerprint density at radius 1 is 1.31 bits per heavy atom. The second kappa shape index (κ2) is 6.92. The Labute approximate surface area is 80.7 Å². The van der Waals surface area contributed by atoms with Crippen LogP contribution in [0.4, 0.5) is 0 Å². The van der Waals surface area contributed by atoms with Gasteiger partial charge in [-0.05, 0) is 27.7 Å². The summed E-state index contributed by atoms with van der Waals surface area (Å²) in [5.74, 6) is 0. The molecule has 0 bridgehead atoms. The Hall–Kier alpha value is -0.540. The van der Waals surface area contributed by atoms with Crippen LogP contribution < -0.4 is 0 Å². The lowest BCUT2D eigenvalue weighted by Crippen LogP contribution is -2.26. The maximum absolute atomic E-state index is 5.33. The molecule has 2 unspecified atom stereocenters. The first-order chi connectivity index (χ1) is 6.06. The Morgan fingerprint density at radius 2 is 1.92 bits per heavy atom. The molecule has 0 saturated carbocycles. The van der Waals surface area contributed by atoms with E-state index in [0.717, 1.165) is 0 Å². The van der Waals surface area contributed by atoms with Gasteiger partial charge in [-0.25, -0.2) is 0 Å². The Bertz CT molecular complexity index is 132. The van der Waals surface area contributed by atoms with Gasteiger partial charge in [-0.1, -0.05) is 6.58 Å². The molecular weight excluding hydrogens is 168 g/mol. The Balaban J connectivity index is 3.72. The fourth-order valence-corrected chi connectivity index (χ4v) is 0.748. The number of rotatable bonds is 7. The minimum Gasteiger partial charge on any atom is -0.471 e. The van der Waals surface area contributed by atoms with Crippen LogP contribution >= 0.6 is 0 Å². The summed E-state index contributed by atoms with van der Waals surface area (Å²) >= 11 is 0. The van der Waals surface area contributed by atoms with Crippen molar-refractivity contribution in [1.29, 1.82) is 0 Å². The highest BCUT2D eigenvalue weighted by molar-refractivity contribution is 4.58. The molecule has 0 aliphatic heterocycles. The normalized spacial score (nSPS) is 13.4. The largest absolute Gasteiger partial charge is 0.471 e. The van der Waals surface area contributed by atoms with Crippen LogP contribution in [0.1, 0.15) is 20.8 Å². The SMILES string of the molecule is [CH2]C(C)OC(COC(C)C)OC=C. The average Bonchev–Trinajstić information content (AvgIpc) is 1.99. The van der Waals surface area contributed by atoms with E-state index in [1.165, 1.54) is 6.26 Å². The van der Waals surface area contributed by atoms with Gasteiger partial charge in [-0.15, -0.1) is 0 Å². The predicted molar refractivity (Wildman–Crippen MR) is 52.1 cm³/mol. The molecule has 0 aromatic heterocycles. The highest BCUT2D eigenvalue weighted by Crippen LogP contribution is 2.02. The highest BCUT2D eigenvalue weighted by atomic mass is 16.7. The molecule has 1 radical (unpaired) electrons. The van der Waals surface area contributed by atoms with Gasteiger partial charge in [-0.3, -0.25) is 0 Å². The molecule has 0 aliphatic rings. The third kappa shape index (κ3) is 7.81. The van der Waals surface area contributed by atoms with Gasteiger partial charge in [0.25, 0.3) is 0 Å². The first-order valence-electron chi connectivity index (χ1n) is 4.42. The minimum absolute atomic E-state index is 0.124. The topological polar surface area (TPSA) is 27.7 Å². The van der Waals surface area contributed by atoms with E-state index in [4.69, 9.17) is 14.2 Å². The highest BCUT2D eigenvalue weighted by Gasteiger charge is 2.11. The fraction of sp³-hybridized carbons (Fsp3) is 0.700. The summed E-state index contributed by atoms with van der Waals surface area (Å²) in [5.41, 5.74) is 0. The summed E-state index contributed by atoms with van der Waals surface area (Å²) in [6, 6.07) is 0. The quantitative estimate of drug-likeness (QED) is 0.451. The molecule has 0 saturated heterocycles. The summed E-state index contributed by atoms with van der Waals surface area (Å²) in [4.78, 5) is 0. The third-order valence-corrected chi connectivity index (χ3v) is 1.20. The number of hydrogen-bond donors (Lipinski definition) is 0. The van der Waals surface area contributed by atoms with Crippen molar-refractivity contribution in [2.45, 2.75) is 39.3 Å². The van der Waals surface area contributed by atoms with Crippen molar-refractivity contribution < 1.29 is 14.2 Å². The maximum Gasteiger partial charge on any atom is 0.222 e. The molecule has 0 spiro atoms. The molecule has 77 valence electrons. The van der Waals surface area contributed by atoms with Gasteiger partial charge in [0.2, 0.25) is 6.29 Å². The zero-order chi connectivity index (χ0) is 10.3. The van der Waals surface area contributed by atoms with E-state index in [9.17, 15) is 0 Å². The van der Waals surface area contributed by atoms with E-state index >= 15 is 0 Å². The van der Waals surface area contributed by atoms with Gasteiger partial charge < -0.3 is 14.2 Å². The zero-order valence-electron chi connectivity index (χ0n) is 8.66. The lowest BCUT2D eigenvalue weighted by molar-refractivity contribution is -0.163. The van der Waals surface area contributed by atoms with Crippen LogP contribution in [0, 0.1) is 6.92 Å². The van der Waals surface area contributed by atoms with E-state index in [1.54, 1.807) is 0 Å². The first-order valence-corrected chi connectivity index (χ1v) is 4.42. The smallest absolute Gasteiger partial charge is 0.222 e. The second-order valence-electron chi connectivity index (χ2n) is 3.06. The van der Waals surface area contributed by atoms with Crippen molar-refractivity contribution in [3.8, 4) is 0 Å². The molecule has 3 nitrogen and oxygen atoms in total. The molecule has 0 rings (SSSR count). The van der Waals surface area contributed by atoms with E-state index in [0.29, 0.717) is 6.61 Å². The molecule has 0 heterocycles. The van der Waals surface area contributed by atoms with E-state index in [1.807, 2.05) is 20.8 Å². The summed E-state index contributed by atoms with van der Waals surface area (Å²) in [5, 5.41) is 0. The van der Waals surface area contributed by atoms with Crippen molar-refractivity contribution in [2.24, 2.45) is 0 Å². The van der Waals surface area contributed by atoms with Crippen LogP contribution in [0.15, 0.2) is 12.8 Å². The van der Waals surface area contributed by atoms with Crippen LogP contribution in [-0.4, -0.2) is 25.1 Å². The monoisotopic (exact) mass is 187 g/mol. The minimum atomic E-state index is -0.410. The van der Waals surface area contributed by atoms with Crippen molar-refractivity contribution in [2.75, 3.05) is 6.61 Å².